The van der Waals surface area contributed by atoms with Gasteiger partial charge in [-0.3, -0.25) is 4.98 Å². The highest BCUT2D eigenvalue weighted by Gasteiger charge is 2.22. The first kappa shape index (κ1) is 21.3. The summed E-state index contributed by atoms with van der Waals surface area (Å²) in [5, 5.41) is 26.6. The predicted octanol–water partition coefficient (Wildman–Crippen LogP) is 3.54. The molecule has 2 N–H and O–H groups in total. The van der Waals surface area contributed by atoms with Gasteiger partial charge in [0.25, 0.3) is 0 Å². The Morgan fingerprint density at radius 1 is 1.12 bits per heavy atom. The lowest BCUT2D eigenvalue weighted by molar-refractivity contribution is 0.0786. The van der Waals surface area contributed by atoms with Crippen molar-refractivity contribution in [2.45, 2.75) is 52.8 Å². The highest BCUT2D eigenvalue weighted by atomic mass is 16.3. The van der Waals surface area contributed by atoms with Crippen LogP contribution in [0.4, 0.5) is 11.5 Å². The van der Waals surface area contributed by atoms with Crippen LogP contribution >= 0.6 is 0 Å². The Hall–Kier alpha value is -3.52. The molecule has 4 heterocycles. The molecule has 0 spiro atoms. The number of nitrogens with one attached hydrogen (secondary N) is 1. The van der Waals surface area contributed by atoms with E-state index in [1.165, 1.54) is 5.56 Å². The Kier molecular flexibility index (Phi) is 5.25. The zero-order chi connectivity index (χ0) is 23.2. The zero-order valence-corrected chi connectivity index (χ0v) is 19.5. The Morgan fingerprint density at radius 3 is 2.67 bits per heavy atom. The molecular formula is C25H29N7O. The van der Waals surface area contributed by atoms with Crippen molar-refractivity contribution in [2.24, 2.45) is 0 Å². The van der Waals surface area contributed by atoms with Crippen molar-refractivity contribution in [1.29, 1.82) is 0 Å². The SMILES string of the molecule is Cc1c(N2CCc3ncc(NCc4ccc(C(C)(C)O)cc4)cc3C2)nn2cnnc2c1C. The zero-order valence-electron chi connectivity index (χ0n) is 19.5. The second-order valence-electron chi connectivity index (χ2n) is 9.28. The maximum absolute atomic E-state index is 10.1. The molecule has 0 aliphatic carbocycles. The van der Waals surface area contributed by atoms with Crippen LogP contribution in [0.1, 0.15) is 47.4 Å². The number of aliphatic hydroxyl groups is 1. The summed E-state index contributed by atoms with van der Waals surface area (Å²) in [5.41, 5.74) is 7.63. The number of pyridine rings is 1. The minimum absolute atomic E-state index is 0.695. The first-order valence-corrected chi connectivity index (χ1v) is 11.3. The van der Waals surface area contributed by atoms with E-state index >= 15 is 0 Å². The molecular weight excluding hydrogens is 414 g/mol. The van der Waals surface area contributed by atoms with Crippen LogP contribution in [0.25, 0.3) is 5.65 Å². The molecule has 0 unspecified atom stereocenters. The average molecular weight is 444 g/mol. The molecule has 33 heavy (non-hydrogen) atoms. The number of aryl methyl sites for hydroxylation is 1. The van der Waals surface area contributed by atoms with Gasteiger partial charge in [-0.25, -0.2) is 0 Å². The number of benzene rings is 1. The number of hydrogen-bond donors (Lipinski definition) is 2. The third-order valence-electron chi connectivity index (χ3n) is 6.46. The van der Waals surface area contributed by atoms with Crippen LogP contribution in [0.3, 0.4) is 0 Å². The normalized spacial score (nSPS) is 13.9. The van der Waals surface area contributed by atoms with E-state index in [4.69, 9.17) is 10.1 Å². The highest BCUT2D eigenvalue weighted by molar-refractivity contribution is 5.60. The summed E-state index contributed by atoms with van der Waals surface area (Å²) in [4.78, 5) is 7.03. The number of hydrogen-bond acceptors (Lipinski definition) is 7. The van der Waals surface area contributed by atoms with E-state index in [2.05, 4.69) is 40.3 Å². The number of aromatic nitrogens is 5. The fourth-order valence-corrected chi connectivity index (χ4v) is 4.30. The van der Waals surface area contributed by atoms with Crippen molar-refractivity contribution in [3.63, 3.8) is 0 Å². The van der Waals surface area contributed by atoms with Gasteiger partial charge in [-0.2, -0.15) is 4.52 Å². The second-order valence-corrected chi connectivity index (χ2v) is 9.28. The largest absolute Gasteiger partial charge is 0.386 e. The number of nitrogens with zero attached hydrogens (tertiary/aromatic N) is 6. The van der Waals surface area contributed by atoms with Crippen molar-refractivity contribution in [2.75, 3.05) is 16.8 Å². The fourth-order valence-electron chi connectivity index (χ4n) is 4.30. The molecule has 0 amide bonds. The van der Waals surface area contributed by atoms with E-state index in [9.17, 15) is 5.11 Å². The van der Waals surface area contributed by atoms with Gasteiger partial charge in [0, 0.05) is 42.9 Å². The summed E-state index contributed by atoms with van der Waals surface area (Å²) in [6, 6.07) is 10.2. The quantitative estimate of drug-likeness (QED) is 0.487. The molecule has 1 aliphatic rings. The molecule has 4 aromatic rings. The Balaban J connectivity index is 1.32. The van der Waals surface area contributed by atoms with E-state index in [-0.39, 0.29) is 0 Å². The Labute approximate surface area is 193 Å². The molecule has 1 aliphatic heterocycles. The first-order valence-electron chi connectivity index (χ1n) is 11.3. The summed E-state index contributed by atoms with van der Waals surface area (Å²) < 4.78 is 1.76. The van der Waals surface area contributed by atoms with Crippen molar-refractivity contribution in [3.8, 4) is 0 Å². The van der Waals surface area contributed by atoms with Gasteiger partial charge in [0.1, 0.15) is 6.33 Å². The summed E-state index contributed by atoms with van der Waals surface area (Å²) in [5.74, 6) is 0.968. The van der Waals surface area contributed by atoms with Gasteiger partial charge in [-0.1, -0.05) is 24.3 Å². The lowest BCUT2D eigenvalue weighted by Crippen LogP contribution is -2.33. The van der Waals surface area contributed by atoms with Gasteiger partial charge in [0.15, 0.2) is 11.5 Å². The van der Waals surface area contributed by atoms with E-state index < -0.39 is 5.60 Å². The van der Waals surface area contributed by atoms with Crippen molar-refractivity contribution < 1.29 is 5.11 Å². The molecule has 0 bridgehead atoms. The highest BCUT2D eigenvalue weighted by Crippen LogP contribution is 2.28. The average Bonchev–Trinajstić information content (AvgIpc) is 3.28. The van der Waals surface area contributed by atoms with E-state index in [0.29, 0.717) is 6.54 Å². The molecule has 5 rings (SSSR count). The van der Waals surface area contributed by atoms with Crippen LogP contribution in [0.5, 0.6) is 0 Å². The second kappa shape index (κ2) is 8.12. The lowest BCUT2D eigenvalue weighted by Gasteiger charge is -2.30. The number of rotatable bonds is 5. The predicted molar refractivity (Wildman–Crippen MR) is 128 cm³/mol. The Bertz CT molecular complexity index is 1310. The van der Waals surface area contributed by atoms with E-state index in [1.54, 1.807) is 24.7 Å². The molecule has 0 atom stereocenters. The summed E-state index contributed by atoms with van der Waals surface area (Å²) in [6.45, 7) is 10.1. The molecule has 3 aromatic heterocycles. The summed E-state index contributed by atoms with van der Waals surface area (Å²) in [6.07, 6.45) is 4.45. The molecule has 8 heteroatoms. The summed E-state index contributed by atoms with van der Waals surface area (Å²) >= 11 is 0. The van der Waals surface area contributed by atoms with Gasteiger partial charge < -0.3 is 15.3 Å². The number of anilines is 2. The maximum Gasteiger partial charge on any atom is 0.180 e. The summed E-state index contributed by atoms with van der Waals surface area (Å²) in [7, 11) is 0. The lowest BCUT2D eigenvalue weighted by atomic mass is 9.97. The van der Waals surface area contributed by atoms with Crippen LogP contribution in [0.15, 0.2) is 42.9 Å². The topological polar surface area (TPSA) is 91.5 Å². The monoisotopic (exact) mass is 443 g/mol. The van der Waals surface area contributed by atoms with Crippen molar-refractivity contribution in [3.05, 3.63) is 76.4 Å². The smallest absolute Gasteiger partial charge is 0.180 e. The third kappa shape index (κ3) is 4.14. The minimum Gasteiger partial charge on any atom is -0.386 e. The van der Waals surface area contributed by atoms with Crippen molar-refractivity contribution >= 4 is 17.2 Å². The van der Waals surface area contributed by atoms with Crippen LogP contribution in [0, 0.1) is 13.8 Å². The van der Waals surface area contributed by atoms with E-state index in [0.717, 1.165) is 64.6 Å². The van der Waals surface area contributed by atoms with Gasteiger partial charge in [0.05, 0.1) is 17.5 Å². The number of fused-ring (bicyclic) bond motifs is 2. The van der Waals surface area contributed by atoms with Gasteiger partial charge >= 0.3 is 0 Å². The molecule has 170 valence electrons. The van der Waals surface area contributed by atoms with E-state index in [1.807, 2.05) is 30.5 Å². The molecule has 0 radical (unpaired) electrons. The van der Waals surface area contributed by atoms with Gasteiger partial charge in [-0.05, 0) is 50.5 Å². The maximum atomic E-state index is 10.1. The third-order valence-corrected chi connectivity index (χ3v) is 6.46. The van der Waals surface area contributed by atoms with Gasteiger partial charge in [-0.15, -0.1) is 15.3 Å². The molecule has 1 aromatic carbocycles. The molecule has 8 nitrogen and oxygen atoms in total. The Morgan fingerprint density at radius 2 is 1.91 bits per heavy atom. The minimum atomic E-state index is -0.828. The molecule has 0 fully saturated rings. The first-order chi connectivity index (χ1) is 15.8. The van der Waals surface area contributed by atoms with Crippen molar-refractivity contribution in [1.82, 2.24) is 24.8 Å². The van der Waals surface area contributed by atoms with Crippen LogP contribution < -0.4 is 10.2 Å². The van der Waals surface area contributed by atoms with Crippen LogP contribution in [-0.2, 0) is 25.1 Å². The molecule has 0 saturated carbocycles. The standard InChI is InChI=1S/C25H29N7O/c1-16-17(2)24(30-32-15-28-29-23(16)32)31-10-9-22-19(14-31)11-21(13-27-22)26-12-18-5-7-20(8-6-18)25(3,4)33/h5-8,11,13,15,26,33H,9-10,12,14H2,1-4H3. The van der Waals surface area contributed by atoms with Crippen LogP contribution in [0.2, 0.25) is 0 Å². The fraction of sp³-hybridized carbons (Fsp3) is 0.360. The van der Waals surface area contributed by atoms with Crippen LogP contribution in [-0.4, -0.2) is 36.4 Å². The molecule has 0 saturated heterocycles. The van der Waals surface area contributed by atoms with Gasteiger partial charge in [0.2, 0.25) is 0 Å².